The number of nitrogens with one attached hydrogen (secondary N) is 3. The molecule has 0 saturated carbocycles. The third kappa shape index (κ3) is 5.64. The average Bonchev–Trinajstić information content (AvgIpc) is 2.59. The lowest BCUT2D eigenvalue weighted by Gasteiger charge is -2.23. The Morgan fingerprint density at radius 3 is 1.61 bits per heavy atom. The number of benzene rings is 2. The molecule has 0 spiro atoms. The molecule has 0 aliphatic rings. The summed E-state index contributed by atoms with van der Waals surface area (Å²) in [7, 11) is 0. The first-order valence-electron chi connectivity index (χ1n) is 8.47. The molecule has 0 heterocycles. The van der Waals surface area contributed by atoms with Crippen LogP contribution in [0.4, 0.5) is 11.4 Å². The predicted octanol–water partition coefficient (Wildman–Crippen LogP) is 5.27. The zero-order valence-corrected chi connectivity index (χ0v) is 18.2. The molecule has 150 valence electrons. The first-order valence-corrected chi connectivity index (χ1v) is 9.60. The number of anilines is 2. The van der Waals surface area contributed by atoms with Crippen molar-refractivity contribution < 1.29 is 10.4 Å². The highest BCUT2D eigenvalue weighted by Gasteiger charge is 2.22. The smallest absolute Gasteiger partial charge is 0.226 e. The van der Waals surface area contributed by atoms with Crippen LogP contribution in [0.2, 0.25) is 0 Å². The Bertz CT molecular complexity index is 881. The lowest BCUT2D eigenvalue weighted by molar-refractivity contribution is -1.01. The normalized spacial score (nSPS) is 11.6. The van der Waals surface area contributed by atoms with Crippen LogP contribution in [-0.2, 0) is 0 Å². The number of rotatable bonds is 6. The van der Waals surface area contributed by atoms with Crippen molar-refractivity contribution >= 4 is 46.2 Å². The number of allylic oxidation sites excluding steroid dienone is 1. The van der Waals surface area contributed by atoms with E-state index in [1.54, 1.807) is 0 Å². The second-order valence-corrected chi connectivity index (χ2v) is 7.84. The number of aryl methyl sites for hydroxylation is 4. The third-order valence-electron chi connectivity index (χ3n) is 4.13. The molecular weight excluding hydrogens is 421 g/mol. The van der Waals surface area contributed by atoms with Crippen LogP contribution in [0.3, 0.4) is 0 Å². The van der Waals surface area contributed by atoms with Gasteiger partial charge in [0, 0.05) is 11.4 Å². The minimum absolute atomic E-state index is 0.162. The summed E-state index contributed by atoms with van der Waals surface area (Å²) in [5, 5.41) is 26.5. The quantitative estimate of drug-likeness (QED) is 0.363. The van der Waals surface area contributed by atoms with E-state index in [1.165, 1.54) is 0 Å². The Kier molecular flexibility index (Phi) is 7.78. The summed E-state index contributed by atoms with van der Waals surface area (Å²) < 4.78 is -0.332. The molecule has 2 aromatic carbocycles. The van der Waals surface area contributed by atoms with Crippen LogP contribution in [0.25, 0.3) is 0 Å². The predicted molar refractivity (Wildman–Crippen MR) is 117 cm³/mol. The Balaban J connectivity index is 2.62. The summed E-state index contributed by atoms with van der Waals surface area (Å²) in [6.45, 7) is 7.82. The largest absolute Gasteiger partial charge is 0.595 e. The van der Waals surface area contributed by atoms with Crippen molar-refractivity contribution in [1.82, 2.24) is 0 Å². The monoisotopic (exact) mass is 441 g/mol. The van der Waals surface area contributed by atoms with Gasteiger partial charge in [-0.3, -0.25) is 0 Å². The van der Waals surface area contributed by atoms with E-state index in [2.05, 4.69) is 10.6 Å². The summed E-state index contributed by atoms with van der Waals surface area (Å²) in [6.07, 6.45) is 0. The van der Waals surface area contributed by atoms with Crippen LogP contribution in [0.15, 0.2) is 57.4 Å². The number of hydrogen-bond donors (Lipinski definition) is 4. The van der Waals surface area contributed by atoms with E-state index in [-0.39, 0.29) is 21.0 Å². The molecule has 0 amide bonds. The van der Waals surface area contributed by atoms with Crippen molar-refractivity contribution in [2.45, 2.75) is 27.7 Å². The summed E-state index contributed by atoms with van der Waals surface area (Å²) in [5.74, 6) is 0.162. The molecule has 1 atom stereocenters. The second-order valence-electron chi connectivity index (χ2n) is 6.52. The average molecular weight is 443 g/mol. The van der Waals surface area contributed by atoms with Crippen LogP contribution < -0.4 is 15.9 Å². The summed E-state index contributed by atoms with van der Waals surface area (Å²) in [5.41, 5.74) is 5.27. The molecule has 28 heavy (non-hydrogen) atoms. The topological polar surface area (TPSA) is 71.8 Å². The number of quaternary nitrogens is 1. The third-order valence-corrected chi connectivity index (χ3v) is 5.08. The van der Waals surface area contributed by atoms with E-state index in [1.807, 2.05) is 64.1 Å². The fraction of sp³-hybridized carbons (Fsp3) is 0.200. The van der Waals surface area contributed by atoms with Gasteiger partial charge in [-0.15, -0.1) is 0 Å². The highest BCUT2D eigenvalue weighted by molar-refractivity contribution is 6.59. The van der Waals surface area contributed by atoms with Gasteiger partial charge in [0.15, 0.2) is 5.82 Å². The molecule has 0 aliphatic heterocycles. The lowest BCUT2D eigenvalue weighted by Crippen LogP contribution is -3.03. The SMILES string of the molecule is Cc1ccc(NC(Nc2ccc(C)cc2C)=C(C(Cl)=C(Cl)Cl)[NH+]([O-])O)c(C)c1. The molecule has 0 aliphatic carbocycles. The van der Waals surface area contributed by atoms with Crippen molar-refractivity contribution in [3.8, 4) is 0 Å². The van der Waals surface area contributed by atoms with Crippen molar-refractivity contribution in [3.63, 3.8) is 0 Å². The zero-order valence-electron chi connectivity index (χ0n) is 16.0. The van der Waals surface area contributed by atoms with Gasteiger partial charge in [0.1, 0.15) is 9.52 Å². The Hall–Kier alpha value is -1.73. The zero-order chi connectivity index (χ0) is 21.0. The van der Waals surface area contributed by atoms with Gasteiger partial charge in [-0.2, -0.15) is 5.23 Å². The van der Waals surface area contributed by atoms with Crippen molar-refractivity contribution in [2.24, 2.45) is 0 Å². The molecule has 5 nitrogen and oxygen atoms in total. The molecule has 4 N–H and O–H groups in total. The van der Waals surface area contributed by atoms with Crippen LogP contribution in [0.1, 0.15) is 22.3 Å². The summed E-state index contributed by atoms with van der Waals surface area (Å²) in [6, 6.07) is 11.6. The van der Waals surface area contributed by atoms with Gasteiger partial charge in [-0.05, 0) is 51.0 Å². The van der Waals surface area contributed by atoms with E-state index in [0.717, 1.165) is 33.6 Å². The van der Waals surface area contributed by atoms with E-state index < -0.39 is 5.23 Å². The Labute approximate surface area is 179 Å². The van der Waals surface area contributed by atoms with E-state index in [4.69, 9.17) is 34.8 Å². The lowest BCUT2D eigenvalue weighted by atomic mass is 10.1. The van der Waals surface area contributed by atoms with Gasteiger partial charge >= 0.3 is 0 Å². The molecule has 0 bridgehead atoms. The Morgan fingerprint density at radius 2 is 1.29 bits per heavy atom. The molecule has 2 aromatic rings. The van der Waals surface area contributed by atoms with Crippen molar-refractivity contribution in [2.75, 3.05) is 10.6 Å². The van der Waals surface area contributed by atoms with Gasteiger partial charge in [-0.1, -0.05) is 70.2 Å². The molecule has 0 radical (unpaired) electrons. The maximum Gasteiger partial charge on any atom is 0.226 e. The molecule has 1 unspecified atom stereocenters. The van der Waals surface area contributed by atoms with Gasteiger partial charge in [0.25, 0.3) is 0 Å². The van der Waals surface area contributed by atoms with Gasteiger partial charge in [0.2, 0.25) is 5.70 Å². The minimum atomic E-state index is -1.27. The van der Waals surface area contributed by atoms with Crippen molar-refractivity contribution in [1.29, 1.82) is 0 Å². The van der Waals surface area contributed by atoms with E-state index >= 15 is 0 Å². The van der Waals surface area contributed by atoms with Crippen LogP contribution >= 0.6 is 34.8 Å². The second kappa shape index (κ2) is 9.65. The highest BCUT2D eigenvalue weighted by atomic mass is 35.5. The van der Waals surface area contributed by atoms with E-state index in [9.17, 15) is 10.4 Å². The fourth-order valence-corrected chi connectivity index (χ4v) is 3.10. The highest BCUT2D eigenvalue weighted by Crippen LogP contribution is 2.27. The molecule has 0 saturated heterocycles. The summed E-state index contributed by atoms with van der Waals surface area (Å²) in [4.78, 5) is 0. The molecule has 0 aromatic heterocycles. The number of hydroxylamine groups is 2. The van der Waals surface area contributed by atoms with Gasteiger partial charge in [-0.25, -0.2) is 5.21 Å². The van der Waals surface area contributed by atoms with Crippen LogP contribution in [0.5, 0.6) is 0 Å². The fourth-order valence-electron chi connectivity index (χ4n) is 2.74. The minimum Gasteiger partial charge on any atom is -0.595 e. The number of hydrogen-bond acceptors (Lipinski definition) is 4. The Morgan fingerprint density at radius 1 is 0.857 bits per heavy atom. The first-order chi connectivity index (χ1) is 13.1. The molecule has 2 rings (SSSR count). The van der Waals surface area contributed by atoms with Crippen molar-refractivity contribution in [3.05, 3.63) is 84.9 Å². The molecule has 8 heteroatoms. The maximum atomic E-state index is 12.0. The van der Waals surface area contributed by atoms with Crippen LogP contribution in [0, 0.1) is 32.9 Å². The summed E-state index contributed by atoms with van der Waals surface area (Å²) >= 11 is 17.7. The maximum absolute atomic E-state index is 12.0. The van der Waals surface area contributed by atoms with Gasteiger partial charge < -0.3 is 15.8 Å². The number of halogens is 3. The van der Waals surface area contributed by atoms with E-state index in [0.29, 0.717) is 0 Å². The van der Waals surface area contributed by atoms with Crippen LogP contribution in [-0.4, -0.2) is 5.21 Å². The molecular formula is C20H22Cl3N3O2. The molecule has 0 fully saturated rings. The first kappa shape index (κ1) is 22.6. The standard InChI is InChI=1S/C20H22Cl3N3O2/c1-11-5-7-15(13(3)9-11)24-20(18(26(27)28)17(21)19(22)23)25-16-8-6-12(2)10-14(16)4/h5-10,24-27H,1-4H3. The van der Waals surface area contributed by atoms with Gasteiger partial charge in [0.05, 0.1) is 0 Å².